The highest BCUT2D eigenvalue weighted by Gasteiger charge is 2.35. The average molecular weight is 299 g/mol. The van der Waals surface area contributed by atoms with Crippen LogP contribution in [0.3, 0.4) is 0 Å². The maximum absolute atomic E-state index is 12.1. The lowest BCUT2D eigenvalue weighted by atomic mass is 9.93. The molecule has 0 saturated carbocycles. The van der Waals surface area contributed by atoms with E-state index >= 15 is 0 Å². The maximum Gasteiger partial charge on any atom is 0.214 e. The summed E-state index contributed by atoms with van der Waals surface area (Å²) in [6, 6.07) is 7.72. The average Bonchev–Trinajstić information content (AvgIpc) is 2.48. The molecule has 2 atom stereocenters. The van der Waals surface area contributed by atoms with E-state index in [1.807, 2.05) is 24.3 Å². The minimum atomic E-state index is -3.26. The maximum atomic E-state index is 12.1. The monoisotopic (exact) mass is 299 g/mol. The zero-order valence-electron chi connectivity index (χ0n) is 11.8. The van der Waals surface area contributed by atoms with E-state index in [-0.39, 0.29) is 11.2 Å². The third-order valence-electron chi connectivity index (χ3n) is 3.74. The van der Waals surface area contributed by atoms with Crippen LogP contribution in [0.25, 0.3) is 0 Å². The first-order chi connectivity index (χ1) is 9.56. The molecule has 0 bridgehead atoms. The van der Waals surface area contributed by atoms with Gasteiger partial charge in [0.15, 0.2) is 0 Å². The molecule has 6 heteroatoms. The van der Waals surface area contributed by atoms with Crippen LogP contribution in [0.4, 0.5) is 0 Å². The summed E-state index contributed by atoms with van der Waals surface area (Å²) in [5.74, 6) is 0.780. The second kappa shape index (κ2) is 6.56. The molecule has 5 nitrogen and oxygen atoms in total. The van der Waals surface area contributed by atoms with Crippen LogP contribution in [0.1, 0.15) is 12.0 Å². The predicted octanol–water partition coefficient (Wildman–Crippen LogP) is 1.19. The van der Waals surface area contributed by atoms with Gasteiger partial charge >= 0.3 is 0 Å². The van der Waals surface area contributed by atoms with Crippen molar-refractivity contribution < 1.29 is 17.9 Å². The van der Waals surface area contributed by atoms with Crippen LogP contribution in [0.5, 0.6) is 5.75 Å². The molecule has 1 aliphatic heterocycles. The first-order valence-electron chi connectivity index (χ1n) is 6.70. The molecule has 1 saturated heterocycles. The molecule has 0 aliphatic carbocycles. The van der Waals surface area contributed by atoms with Gasteiger partial charge in [0.05, 0.1) is 19.0 Å². The Labute approximate surface area is 120 Å². The van der Waals surface area contributed by atoms with Crippen molar-refractivity contribution in [2.45, 2.75) is 18.1 Å². The first kappa shape index (κ1) is 15.3. The third-order valence-corrected chi connectivity index (χ3v) is 5.73. The molecule has 2 unspecified atom stereocenters. The summed E-state index contributed by atoms with van der Waals surface area (Å²) in [5.41, 5.74) is 1.10. The van der Waals surface area contributed by atoms with Crippen molar-refractivity contribution in [2.24, 2.45) is 5.92 Å². The Morgan fingerprint density at radius 3 is 2.65 bits per heavy atom. The molecule has 112 valence electrons. The van der Waals surface area contributed by atoms with E-state index in [1.165, 1.54) is 7.05 Å². The summed E-state index contributed by atoms with van der Waals surface area (Å²) in [7, 11) is -0.166. The Hall–Kier alpha value is -1.11. The van der Waals surface area contributed by atoms with Gasteiger partial charge in [0.1, 0.15) is 5.75 Å². The van der Waals surface area contributed by atoms with Crippen LogP contribution in [-0.4, -0.2) is 41.0 Å². The zero-order chi connectivity index (χ0) is 14.6. The van der Waals surface area contributed by atoms with Crippen molar-refractivity contribution in [3.63, 3.8) is 0 Å². The van der Waals surface area contributed by atoms with Gasteiger partial charge in [0, 0.05) is 12.5 Å². The lowest BCUT2D eigenvalue weighted by Crippen LogP contribution is -2.43. The molecule has 0 radical (unpaired) electrons. The Morgan fingerprint density at radius 1 is 1.35 bits per heavy atom. The van der Waals surface area contributed by atoms with Crippen LogP contribution < -0.4 is 9.46 Å². The molecular weight excluding hydrogens is 278 g/mol. The summed E-state index contributed by atoms with van der Waals surface area (Å²) >= 11 is 0. The van der Waals surface area contributed by atoms with E-state index in [9.17, 15) is 8.42 Å². The van der Waals surface area contributed by atoms with Gasteiger partial charge < -0.3 is 9.47 Å². The molecule has 1 aromatic rings. The fraction of sp³-hybridized carbons (Fsp3) is 0.571. The van der Waals surface area contributed by atoms with E-state index < -0.39 is 10.0 Å². The van der Waals surface area contributed by atoms with Crippen molar-refractivity contribution in [1.29, 1.82) is 0 Å². The SMILES string of the molecule is CNS(=O)(=O)C1CCOCC1Cc1ccc(OC)cc1. The highest BCUT2D eigenvalue weighted by Crippen LogP contribution is 2.25. The van der Waals surface area contributed by atoms with Gasteiger partial charge in [-0.1, -0.05) is 12.1 Å². The highest BCUT2D eigenvalue weighted by molar-refractivity contribution is 7.90. The number of rotatable bonds is 5. The lowest BCUT2D eigenvalue weighted by molar-refractivity contribution is 0.0570. The lowest BCUT2D eigenvalue weighted by Gasteiger charge is -2.31. The van der Waals surface area contributed by atoms with Gasteiger partial charge in [0.2, 0.25) is 10.0 Å². The number of hydrogen-bond acceptors (Lipinski definition) is 4. The van der Waals surface area contributed by atoms with E-state index in [0.29, 0.717) is 26.1 Å². The van der Waals surface area contributed by atoms with E-state index in [4.69, 9.17) is 9.47 Å². The molecule has 1 aromatic carbocycles. The third kappa shape index (κ3) is 3.50. The zero-order valence-corrected chi connectivity index (χ0v) is 12.7. The number of benzene rings is 1. The Kier molecular flexibility index (Phi) is 5.01. The highest BCUT2D eigenvalue weighted by atomic mass is 32.2. The van der Waals surface area contributed by atoms with Crippen LogP contribution in [0.2, 0.25) is 0 Å². The van der Waals surface area contributed by atoms with Gasteiger partial charge in [-0.15, -0.1) is 0 Å². The van der Waals surface area contributed by atoms with E-state index in [1.54, 1.807) is 7.11 Å². The Balaban J connectivity index is 2.12. The fourth-order valence-corrected chi connectivity index (χ4v) is 3.98. The number of hydrogen-bond donors (Lipinski definition) is 1. The van der Waals surface area contributed by atoms with Gasteiger partial charge in [-0.05, 0) is 37.6 Å². The molecule has 0 aromatic heterocycles. The van der Waals surface area contributed by atoms with Crippen LogP contribution >= 0.6 is 0 Å². The summed E-state index contributed by atoms with van der Waals surface area (Å²) in [5, 5.41) is -0.386. The quantitative estimate of drug-likeness (QED) is 0.887. The molecular formula is C14H21NO4S. The molecule has 20 heavy (non-hydrogen) atoms. The molecule has 0 spiro atoms. The molecule has 1 heterocycles. The molecule has 1 aliphatic rings. The number of nitrogens with one attached hydrogen (secondary N) is 1. The standard InChI is InChI=1S/C14H21NO4S/c1-15-20(16,17)14-7-8-19-10-12(14)9-11-3-5-13(18-2)6-4-11/h3-6,12,14-15H,7-10H2,1-2H3. The first-order valence-corrected chi connectivity index (χ1v) is 8.24. The summed E-state index contributed by atoms with van der Waals surface area (Å²) in [6.45, 7) is 0.988. The summed E-state index contributed by atoms with van der Waals surface area (Å²) < 4.78 is 37.2. The van der Waals surface area contributed by atoms with E-state index in [0.717, 1.165) is 11.3 Å². The van der Waals surface area contributed by atoms with Gasteiger partial charge in [0.25, 0.3) is 0 Å². The molecule has 1 fully saturated rings. The van der Waals surface area contributed by atoms with Gasteiger partial charge in [-0.25, -0.2) is 13.1 Å². The van der Waals surface area contributed by atoms with Crippen molar-refractivity contribution in [1.82, 2.24) is 4.72 Å². The number of sulfonamides is 1. The fourth-order valence-electron chi connectivity index (χ4n) is 2.59. The molecule has 0 amide bonds. The van der Waals surface area contributed by atoms with Gasteiger partial charge in [-0.3, -0.25) is 0 Å². The smallest absolute Gasteiger partial charge is 0.214 e. The number of methoxy groups -OCH3 is 1. The molecule has 1 N–H and O–H groups in total. The largest absolute Gasteiger partial charge is 0.497 e. The topological polar surface area (TPSA) is 64.6 Å². The van der Waals surface area contributed by atoms with Crippen molar-refractivity contribution in [3.05, 3.63) is 29.8 Å². The number of ether oxygens (including phenoxy) is 2. The van der Waals surface area contributed by atoms with E-state index in [2.05, 4.69) is 4.72 Å². The van der Waals surface area contributed by atoms with Gasteiger partial charge in [-0.2, -0.15) is 0 Å². The second-order valence-electron chi connectivity index (χ2n) is 4.96. The van der Waals surface area contributed by atoms with Crippen LogP contribution in [0.15, 0.2) is 24.3 Å². The molecule has 2 rings (SSSR count). The van der Waals surface area contributed by atoms with Crippen molar-refractivity contribution in [3.8, 4) is 5.75 Å². The van der Waals surface area contributed by atoms with Crippen LogP contribution in [0, 0.1) is 5.92 Å². The predicted molar refractivity (Wildman–Crippen MR) is 77.4 cm³/mol. The van der Waals surface area contributed by atoms with Crippen LogP contribution in [-0.2, 0) is 21.2 Å². The second-order valence-corrected chi connectivity index (χ2v) is 7.07. The summed E-state index contributed by atoms with van der Waals surface area (Å²) in [6.07, 6.45) is 1.24. The minimum Gasteiger partial charge on any atom is -0.497 e. The van der Waals surface area contributed by atoms with Crippen molar-refractivity contribution in [2.75, 3.05) is 27.4 Å². The van der Waals surface area contributed by atoms with Crippen molar-refractivity contribution >= 4 is 10.0 Å². The normalized spacial score (nSPS) is 23.5. The minimum absolute atomic E-state index is 0.0189. The summed E-state index contributed by atoms with van der Waals surface area (Å²) in [4.78, 5) is 0. The Morgan fingerprint density at radius 2 is 2.05 bits per heavy atom. The Bertz CT molecular complexity index is 527.